The molecule has 3 aromatic carbocycles. The van der Waals surface area contributed by atoms with Crippen LogP contribution < -0.4 is 20.1 Å². The van der Waals surface area contributed by atoms with Crippen LogP contribution in [0.1, 0.15) is 57.4 Å². The van der Waals surface area contributed by atoms with Crippen molar-refractivity contribution in [3.63, 3.8) is 0 Å². The molecular formula is C37H46N2O9Si. The molecule has 49 heavy (non-hydrogen) atoms. The van der Waals surface area contributed by atoms with E-state index >= 15 is 0 Å². The first-order valence-corrected chi connectivity index (χ1v) is 18.9. The Balaban J connectivity index is 1.71. The van der Waals surface area contributed by atoms with Gasteiger partial charge in [-0.25, -0.2) is 14.4 Å². The summed E-state index contributed by atoms with van der Waals surface area (Å²) in [7, 11) is -0.930. The molecule has 0 spiro atoms. The molecule has 3 aromatic rings. The van der Waals surface area contributed by atoms with Gasteiger partial charge in [0.25, 0.3) is 5.79 Å². The van der Waals surface area contributed by atoms with Crippen LogP contribution >= 0.6 is 0 Å². The summed E-state index contributed by atoms with van der Waals surface area (Å²) in [5.74, 6) is -2.36. The first kappa shape index (κ1) is 37.0. The Bertz CT molecular complexity index is 1630. The van der Waals surface area contributed by atoms with Crippen molar-refractivity contribution < 1.29 is 42.5 Å². The number of cyclic esters (lactones) is 2. The minimum Gasteiger partial charge on any atom is -0.491 e. The summed E-state index contributed by atoms with van der Waals surface area (Å²) in [6.45, 7) is 14.0. The van der Waals surface area contributed by atoms with E-state index in [1.807, 2.05) is 60.7 Å². The highest BCUT2D eigenvalue weighted by Gasteiger charge is 2.41. The third kappa shape index (κ3) is 10.1. The van der Waals surface area contributed by atoms with E-state index in [9.17, 15) is 14.4 Å². The number of amides is 1. The second-order valence-corrected chi connectivity index (χ2v) is 18.3. The molecule has 0 bridgehead atoms. The molecule has 12 heteroatoms. The molecule has 1 atom stereocenters. The Labute approximate surface area is 289 Å². The van der Waals surface area contributed by atoms with E-state index in [0.29, 0.717) is 22.7 Å². The lowest BCUT2D eigenvalue weighted by atomic mass is 10.1. The van der Waals surface area contributed by atoms with E-state index in [1.54, 1.807) is 12.1 Å². The van der Waals surface area contributed by atoms with Gasteiger partial charge in [-0.05, 0) is 47.0 Å². The number of anilines is 1. The highest BCUT2D eigenvalue weighted by Crippen LogP contribution is 2.43. The summed E-state index contributed by atoms with van der Waals surface area (Å²) in [6.07, 6.45) is -0.0263. The van der Waals surface area contributed by atoms with Gasteiger partial charge in [0.15, 0.2) is 25.4 Å². The summed E-state index contributed by atoms with van der Waals surface area (Å²) in [5, 5.41) is 5.74. The number of rotatable bonds is 13. The topological polar surface area (TPSA) is 131 Å². The van der Waals surface area contributed by atoms with Crippen molar-refractivity contribution >= 4 is 32.0 Å². The summed E-state index contributed by atoms with van der Waals surface area (Å²) >= 11 is 0. The molecule has 1 amide bonds. The number of hydrogen-bond donors (Lipinski definition) is 2. The average molecular weight is 691 g/mol. The molecule has 1 heterocycles. The molecule has 0 aliphatic carbocycles. The summed E-state index contributed by atoms with van der Waals surface area (Å²) in [6, 6.07) is 22.6. The van der Waals surface area contributed by atoms with Gasteiger partial charge in [0, 0.05) is 20.0 Å². The molecule has 1 aliphatic heterocycles. The third-order valence-corrected chi connectivity index (χ3v) is 12.8. The van der Waals surface area contributed by atoms with E-state index in [-0.39, 0.29) is 30.4 Å². The molecular weight excluding hydrogens is 644 g/mol. The standard InChI is InChI=1S/C37H46N2O9Si/c1-36(2,3)49(7,8)48-31(22-39-35(42)45-24-26-17-13-10-14-18-26)27-19-29(38-21-28-33(40)46-37(4,5)47-34(28)41)32(43-6)30(20-27)44-23-25-15-11-9-12-16-25/h9-21,31,38H,22-24H2,1-8H3,(H,39,42). The second-order valence-electron chi connectivity index (χ2n) is 13.6. The van der Waals surface area contributed by atoms with Gasteiger partial charge in [0.05, 0.1) is 25.4 Å². The van der Waals surface area contributed by atoms with Gasteiger partial charge in [-0.2, -0.15) is 0 Å². The van der Waals surface area contributed by atoms with Crippen LogP contribution in [0.15, 0.2) is 84.6 Å². The molecule has 0 aromatic heterocycles. The second kappa shape index (κ2) is 15.6. The fourth-order valence-corrected chi connectivity index (χ4v) is 5.89. The van der Waals surface area contributed by atoms with E-state index in [0.717, 1.165) is 11.1 Å². The number of benzene rings is 3. The fourth-order valence-electron chi connectivity index (χ4n) is 4.61. The SMILES string of the molecule is COc1c(NC=C2C(=O)OC(C)(C)OC2=O)cc(C(CNC(=O)OCc2ccccc2)O[Si](C)(C)C(C)(C)C)cc1OCc1ccccc1. The number of nitrogens with one attached hydrogen (secondary N) is 2. The highest BCUT2D eigenvalue weighted by molar-refractivity contribution is 6.74. The average Bonchev–Trinajstić information content (AvgIpc) is 3.04. The summed E-state index contributed by atoms with van der Waals surface area (Å²) in [4.78, 5) is 38.2. The van der Waals surface area contributed by atoms with Crippen molar-refractivity contribution in [2.24, 2.45) is 0 Å². The van der Waals surface area contributed by atoms with E-state index in [4.69, 9.17) is 28.1 Å². The normalized spacial score (nSPS) is 15.0. The lowest BCUT2D eigenvalue weighted by Gasteiger charge is -2.39. The number of carbonyl (C=O) groups is 3. The number of carbonyl (C=O) groups excluding carboxylic acids is 3. The fraction of sp³-hybridized carbons (Fsp3) is 0.378. The van der Waals surface area contributed by atoms with Crippen LogP contribution in [0.5, 0.6) is 11.5 Å². The maximum absolute atomic E-state index is 12.9. The van der Waals surface area contributed by atoms with Gasteiger partial charge >= 0.3 is 18.0 Å². The molecule has 0 saturated carbocycles. The number of hydrogen-bond acceptors (Lipinski definition) is 10. The Kier molecular flexibility index (Phi) is 11.8. The predicted octanol–water partition coefficient (Wildman–Crippen LogP) is 7.40. The lowest BCUT2D eigenvalue weighted by molar-refractivity contribution is -0.222. The minimum absolute atomic E-state index is 0.0822. The molecule has 2 N–H and O–H groups in total. The van der Waals surface area contributed by atoms with Gasteiger partial charge in [0.2, 0.25) is 0 Å². The largest absolute Gasteiger partial charge is 0.491 e. The van der Waals surface area contributed by atoms with Gasteiger partial charge in [0.1, 0.15) is 13.2 Å². The van der Waals surface area contributed by atoms with Gasteiger partial charge in [-0.3, -0.25) is 0 Å². The van der Waals surface area contributed by atoms with Gasteiger partial charge < -0.3 is 38.7 Å². The smallest absolute Gasteiger partial charge is 0.407 e. The zero-order chi connectivity index (χ0) is 35.8. The molecule has 4 rings (SSSR count). The number of esters is 2. The molecule has 1 saturated heterocycles. The van der Waals surface area contributed by atoms with Crippen LogP contribution in [0.4, 0.5) is 10.5 Å². The molecule has 1 fully saturated rings. The number of ether oxygens (including phenoxy) is 5. The van der Waals surface area contributed by atoms with Crippen LogP contribution in [-0.4, -0.2) is 45.8 Å². The first-order valence-electron chi connectivity index (χ1n) is 16.0. The molecule has 1 unspecified atom stereocenters. The highest BCUT2D eigenvalue weighted by atomic mass is 28.4. The Morgan fingerprint density at radius 1 is 0.918 bits per heavy atom. The van der Waals surface area contributed by atoms with Crippen LogP contribution in [0, 0.1) is 0 Å². The summed E-state index contributed by atoms with van der Waals surface area (Å²) < 4.78 is 34.9. The Morgan fingerprint density at radius 2 is 1.49 bits per heavy atom. The van der Waals surface area contributed by atoms with Gasteiger partial charge in [-0.15, -0.1) is 0 Å². The van der Waals surface area contributed by atoms with E-state index in [1.165, 1.54) is 27.2 Å². The Morgan fingerprint density at radius 3 is 2.04 bits per heavy atom. The summed E-state index contributed by atoms with van der Waals surface area (Å²) in [5.41, 5.74) is 2.49. The number of methoxy groups -OCH3 is 1. The molecule has 262 valence electrons. The lowest BCUT2D eigenvalue weighted by Crippen LogP contribution is -2.44. The van der Waals surface area contributed by atoms with E-state index < -0.39 is 38.2 Å². The van der Waals surface area contributed by atoms with Crippen molar-refractivity contribution in [1.82, 2.24) is 5.32 Å². The number of alkyl carbamates (subject to hydrolysis) is 1. The zero-order valence-corrected chi connectivity index (χ0v) is 30.4. The third-order valence-electron chi connectivity index (χ3n) is 8.27. The maximum Gasteiger partial charge on any atom is 0.407 e. The van der Waals surface area contributed by atoms with Crippen LogP contribution in [0.2, 0.25) is 18.1 Å². The van der Waals surface area contributed by atoms with Gasteiger partial charge in [-0.1, -0.05) is 81.4 Å². The predicted molar refractivity (Wildman–Crippen MR) is 187 cm³/mol. The van der Waals surface area contributed by atoms with E-state index in [2.05, 4.69) is 44.5 Å². The van der Waals surface area contributed by atoms with Crippen molar-refractivity contribution in [1.29, 1.82) is 0 Å². The maximum atomic E-state index is 12.9. The van der Waals surface area contributed by atoms with Crippen molar-refractivity contribution in [2.75, 3.05) is 19.0 Å². The van der Waals surface area contributed by atoms with Crippen LogP contribution in [-0.2, 0) is 41.4 Å². The van der Waals surface area contributed by atoms with Crippen molar-refractivity contribution in [3.05, 3.63) is 101 Å². The first-order chi connectivity index (χ1) is 23.1. The molecule has 1 aliphatic rings. The van der Waals surface area contributed by atoms with Crippen molar-refractivity contribution in [2.45, 2.75) is 77.9 Å². The molecule has 11 nitrogen and oxygen atoms in total. The molecule has 0 radical (unpaired) electrons. The Hall–Kier alpha value is -4.81. The van der Waals surface area contributed by atoms with Crippen LogP contribution in [0.25, 0.3) is 0 Å². The minimum atomic E-state index is -2.42. The van der Waals surface area contributed by atoms with Crippen LogP contribution in [0.3, 0.4) is 0 Å². The zero-order valence-electron chi connectivity index (χ0n) is 29.4. The monoisotopic (exact) mass is 690 g/mol. The van der Waals surface area contributed by atoms with Crippen molar-refractivity contribution in [3.8, 4) is 11.5 Å². The quantitative estimate of drug-likeness (QED) is 0.0810.